The lowest BCUT2D eigenvalue weighted by molar-refractivity contribution is 0.0973. The smallest absolute Gasteiger partial charge is 0.261 e. The molecule has 1 aromatic heterocycles. The number of fused-ring (bicyclic) bond motifs is 2. The number of anilines is 1. The van der Waals surface area contributed by atoms with Crippen LogP contribution in [0.4, 0.5) is 10.1 Å². The highest BCUT2D eigenvalue weighted by Crippen LogP contribution is 2.47. The standard InChI is InChI=1S/C27H24Cl2FN3O/c28-20-9-7-19(8-10-20)4-3-13-32-14-11-27(12-15-32)18-33(24-6-2-1-5-22(24)27)26(34)21-16-25(29)31-17-23(21)30/h1-10,16-17H,11-15,18H2/b4-3+. The Morgan fingerprint density at radius 1 is 1.09 bits per heavy atom. The minimum atomic E-state index is -0.657. The molecule has 1 saturated heterocycles. The second-order valence-electron chi connectivity index (χ2n) is 8.93. The van der Waals surface area contributed by atoms with Crippen LogP contribution in [-0.2, 0) is 5.41 Å². The fourth-order valence-electron chi connectivity index (χ4n) is 5.04. The van der Waals surface area contributed by atoms with E-state index >= 15 is 0 Å². The molecule has 3 heterocycles. The molecule has 1 fully saturated rings. The molecule has 2 aromatic carbocycles. The molecule has 4 nitrogen and oxygen atoms in total. The van der Waals surface area contributed by atoms with E-state index in [1.54, 1.807) is 4.90 Å². The van der Waals surface area contributed by atoms with Gasteiger partial charge in [0.15, 0.2) is 5.82 Å². The number of hydrogen-bond acceptors (Lipinski definition) is 3. The molecule has 1 amide bonds. The first-order valence-electron chi connectivity index (χ1n) is 11.3. The highest BCUT2D eigenvalue weighted by molar-refractivity contribution is 6.30. The summed E-state index contributed by atoms with van der Waals surface area (Å²) in [4.78, 5) is 21.2. The van der Waals surface area contributed by atoms with Crippen molar-refractivity contribution in [2.75, 3.05) is 31.1 Å². The van der Waals surface area contributed by atoms with E-state index in [0.717, 1.165) is 54.9 Å². The van der Waals surface area contributed by atoms with Gasteiger partial charge in [-0.05, 0) is 61.3 Å². The topological polar surface area (TPSA) is 36.4 Å². The van der Waals surface area contributed by atoms with E-state index in [1.165, 1.54) is 11.6 Å². The van der Waals surface area contributed by atoms with Crippen molar-refractivity contribution in [2.24, 2.45) is 0 Å². The van der Waals surface area contributed by atoms with E-state index in [2.05, 4.69) is 28.1 Å². The SMILES string of the molecule is O=C(c1cc(Cl)ncc1F)N1CC2(CCN(C/C=C/c3ccc(Cl)cc3)CC2)c2ccccc21. The number of aromatic nitrogens is 1. The third-order valence-corrected chi connectivity index (χ3v) is 7.34. The number of para-hydroxylation sites is 1. The van der Waals surface area contributed by atoms with E-state index in [4.69, 9.17) is 23.2 Å². The van der Waals surface area contributed by atoms with Gasteiger partial charge in [-0.25, -0.2) is 9.37 Å². The lowest BCUT2D eigenvalue weighted by Gasteiger charge is -2.39. The Bertz CT molecular complexity index is 1240. The zero-order valence-electron chi connectivity index (χ0n) is 18.6. The van der Waals surface area contributed by atoms with E-state index in [9.17, 15) is 9.18 Å². The summed E-state index contributed by atoms with van der Waals surface area (Å²) in [7, 11) is 0. The first-order chi connectivity index (χ1) is 16.4. The molecule has 2 aliphatic rings. The largest absolute Gasteiger partial charge is 0.307 e. The third-order valence-electron chi connectivity index (χ3n) is 6.88. The minimum absolute atomic E-state index is 0.0448. The summed E-state index contributed by atoms with van der Waals surface area (Å²) in [5.74, 6) is -1.03. The van der Waals surface area contributed by atoms with Crippen molar-refractivity contribution in [3.8, 4) is 0 Å². The molecular weight excluding hydrogens is 472 g/mol. The lowest BCUT2D eigenvalue weighted by atomic mass is 9.74. The number of hydrogen-bond donors (Lipinski definition) is 0. The van der Waals surface area contributed by atoms with Crippen LogP contribution in [0.15, 0.2) is 66.9 Å². The van der Waals surface area contributed by atoms with Gasteiger partial charge in [0, 0.05) is 29.2 Å². The van der Waals surface area contributed by atoms with Gasteiger partial charge in [-0.3, -0.25) is 9.69 Å². The van der Waals surface area contributed by atoms with Crippen molar-refractivity contribution in [2.45, 2.75) is 18.3 Å². The van der Waals surface area contributed by atoms with Crippen molar-refractivity contribution >= 4 is 40.9 Å². The lowest BCUT2D eigenvalue weighted by Crippen LogP contribution is -2.46. The highest BCUT2D eigenvalue weighted by Gasteiger charge is 2.46. The Morgan fingerprint density at radius 3 is 2.59 bits per heavy atom. The number of carbonyl (C=O) groups is 1. The monoisotopic (exact) mass is 495 g/mol. The van der Waals surface area contributed by atoms with Crippen LogP contribution >= 0.6 is 23.2 Å². The maximum atomic E-state index is 14.4. The van der Waals surface area contributed by atoms with Crippen LogP contribution in [0, 0.1) is 5.82 Å². The molecule has 34 heavy (non-hydrogen) atoms. The molecule has 3 aromatic rings. The molecule has 0 unspecified atom stereocenters. The summed E-state index contributed by atoms with van der Waals surface area (Å²) in [5.41, 5.74) is 2.98. The highest BCUT2D eigenvalue weighted by atomic mass is 35.5. The molecule has 0 atom stereocenters. The predicted octanol–water partition coefficient (Wildman–Crippen LogP) is 6.23. The molecule has 2 aliphatic heterocycles. The Labute approximate surface area is 208 Å². The summed E-state index contributed by atoms with van der Waals surface area (Å²) < 4.78 is 14.4. The van der Waals surface area contributed by atoms with Crippen LogP contribution in [0.5, 0.6) is 0 Å². The van der Waals surface area contributed by atoms with Crippen LogP contribution in [0.1, 0.15) is 34.3 Å². The van der Waals surface area contributed by atoms with Crippen LogP contribution in [-0.4, -0.2) is 42.0 Å². The molecule has 5 rings (SSSR count). The molecule has 0 radical (unpaired) electrons. The molecule has 0 aliphatic carbocycles. The molecule has 174 valence electrons. The maximum absolute atomic E-state index is 14.4. The van der Waals surface area contributed by atoms with Gasteiger partial charge in [0.25, 0.3) is 5.91 Å². The van der Waals surface area contributed by atoms with E-state index in [-0.39, 0.29) is 22.0 Å². The number of benzene rings is 2. The number of nitrogens with zero attached hydrogens (tertiary/aromatic N) is 3. The second-order valence-corrected chi connectivity index (χ2v) is 9.75. The van der Waals surface area contributed by atoms with Gasteiger partial charge < -0.3 is 4.90 Å². The summed E-state index contributed by atoms with van der Waals surface area (Å²) >= 11 is 11.9. The maximum Gasteiger partial charge on any atom is 0.261 e. The van der Waals surface area contributed by atoms with Crippen molar-refractivity contribution in [3.63, 3.8) is 0 Å². The number of pyridine rings is 1. The molecule has 1 spiro atoms. The van der Waals surface area contributed by atoms with Crippen molar-refractivity contribution in [1.82, 2.24) is 9.88 Å². The average Bonchev–Trinajstić information content (AvgIpc) is 3.17. The van der Waals surface area contributed by atoms with Crippen LogP contribution in [0.3, 0.4) is 0 Å². The van der Waals surface area contributed by atoms with Crippen molar-refractivity contribution < 1.29 is 9.18 Å². The normalized spacial score (nSPS) is 17.4. The zero-order chi connectivity index (χ0) is 23.7. The zero-order valence-corrected chi connectivity index (χ0v) is 20.1. The number of carbonyl (C=O) groups excluding carboxylic acids is 1. The van der Waals surface area contributed by atoms with E-state index < -0.39 is 5.82 Å². The van der Waals surface area contributed by atoms with Gasteiger partial charge in [0.05, 0.1) is 11.8 Å². The second kappa shape index (κ2) is 9.49. The number of rotatable bonds is 4. The fourth-order valence-corrected chi connectivity index (χ4v) is 5.32. The Kier molecular flexibility index (Phi) is 6.43. The van der Waals surface area contributed by atoms with Gasteiger partial charge in [-0.1, -0.05) is 65.7 Å². The number of likely N-dealkylation sites (tertiary alicyclic amines) is 1. The van der Waals surface area contributed by atoms with Gasteiger partial charge in [0.2, 0.25) is 0 Å². The fraction of sp³-hybridized carbons (Fsp3) is 0.259. The van der Waals surface area contributed by atoms with Crippen molar-refractivity contribution in [3.05, 3.63) is 99.6 Å². The quantitative estimate of drug-likeness (QED) is 0.402. The third kappa shape index (κ3) is 4.48. The summed E-state index contributed by atoms with van der Waals surface area (Å²) in [5, 5.41) is 0.838. The summed E-state index contributed by atoms with van der Waals surface area (Å²) in [6.07, 6.45) is 7.16. The first kappa shape index (κ1) is 23.0. The number of piperidine rings is 1. The average molecular weight is 496 g/mol. The molecule has 0 bridgehead atoms. The van der Waals surface area contributed by atoms with Gasteiger partial charge in [-0.15, -0.1) is 0 Å². The summed E-state index contributed by atoms with van der Waals surface area (Å²) in [6, 6.07) is 17.1. The van der Waals surface area contributed by atoms with E-state index in [0.29, 0.717) is 6.54 Å². The first-order valence-corrected chi connectivity index (χ1v) is 12.1. The number of amides is 1. The Morgan fingerprint density at radius 2 is 1.82 bits per heavy atom. The summed E-state index contributed by atoms with van der Waals surface area (Å²) in [6.45, 7) is 3.26. The molecule has 7 heteroatoms. The predicted molar refractivity (Wildman–Crippen MR) is 135 cm³/mol. The van der Waals surface area contributed by atoms with E-state index in [1.807, 2.05) is 42.5 Å². The molecule has 0 N–H and O–H groups in total. The molecular formula is C27H24Cl2FN3O. The van der Waals surface area contributed by atoms with Crippen LogP contribution in [0.25, 0.3) is 6.08 Å². The van der Waals surface area contributed by atoms with Gasteiger partial charge in [0.1, 0.15) is 5.15 Å². The minimum Gasteiger partial charge on any atom is -0.307 e. The van der Waals surface area contributed by atoms with Crippen molar-refractivity contribution in [1.29, 1.82) is 0 Å². The Balaban J connectivity index is 1.30. The van der Waals surface area contributed by atoms with Gasteiger partial charge in [-0.2, -0.15) is 0 Å². The van der Waals surface area contributed by atoms with Crippen LogP contribution < -0.4 is 4.90 Å². The Hall–Kier alpha value is -2.73. The number of halogens is 3. The van der Waals surface area contributed by atoms with Gasteiger partial charge >= 0.3 is 0 Å². The van der Waals surface area contributed by atoms with Crippen LogP contribution in [0.2, 0.25) is 10.2 Å². The molecule has 0 saturated carbocycles.